The molecule has 8 heteroatoms. The summed E-state index contributed by atoms with van der Waals surface area (Å²) in [5.41, 5.74) is 9.72. The van der Waals surface area contributed by atoms with Crippen LogP contribution in [0.2, 0.25) is 0 Å². The molecule has 0 amide bonds. The predicted molar refractivity (Wildman–Crippen MR) is 136 cm³/mol. The number of nitrogen functional groups attached to an aromatic ring is 1. The van der Waals surface area contributed by atoms with Gasteiger partial charge in [-0.3, -0.25) is 4.57 Å². The fourth-order valence-electron chi connectivity index (χ4n) is 5.29. The van der Waals surface area contributed by atoms with E-state index in [2.05, 4.69) is 14.8 Å². The average Bonchev–Trinajstić information content (AvgIpc) is 3.55. The Balaban J connectivity index is 1.56. The number of benzene rings is 2. The first-order valence-corrected chi connectivity index (χ1v) is 12.3. The molecule has 0 atom stereocenters. The van der Waals surface area contributed by atoms with Crippen molar-refractivity contribution in [1.82, 2.24) is 14.5 Å². The Labute approximate surface area is 203 Å². The number of nitrogens with zero attached hydrogens (tertiary/aromatic N) is 5. The van der Waals surface area contributed by atoms with Crippen LogP contribution < -0.4 is 15.5 Å². The maximum atomic E-state index is 15.7. The molecule has 35 heavy (non-hydrogen) atoms. The molecule has 4 aromatic rings. The van der Waals surface area contributed by atoms with E-state index in [4.69, 9.17) is 10.7 Å². The summed E-state index contributed by atoms with van der Waals surface area (Å²) in [5.74, 6) is -0.463. The van der Waals surface area contributed by atoms with Gasteiger partial charge in [0.25, 0.3) is 0 Å². The SMILES string of the molecule is Nc1ccc(-c2nc3c(N4CCCCC4)ccnc3n2-c2ccc(N3CCCC3)cc2F)cc1F. The van der Waals surface area contributed by atoms with Crippen LogP contribution in [0.25, 0.3) is 28.2 Å². The quantitative estimate of drug-likeness (QED) is 0.394. The number of aromatic nitrogens is 3. The van der Waals surface area contributed by atoms with Crippen molar-refractivity contribution in [2.75, 3.05) is 41.7 Å². The third-order valence-corrected chi connectivity index (χ3v) is 7.12. The highest BCUT2D eigenvalue weighted by atomic mass is 19.1. The Hall–Kier alpha value is -3.68. The van der Waals surface area contributed by atoms with Crippen molar-refractivity contribution in [3.8, 4) is 17.1 Å². The molecule has 2 N–H and O–H groups in total. The molecule has 180 valence electrons. The van der Waals surface area contributed by atoms with Gasteiger partial charge in [-0.2, -0.15) is 0 Å². The summed E-state index contributed by atoms with van der Waals surface area (Å²) in [6.07, 6.45) is 7.43. The topological polar surface area (TPSA) is 63.2 Å². The zero-order valence-corrected chi connectivity index (χ0v) is 19.6. The summed E-state index contributed by atoms with van der Waals surface area (Å²) >= 11 is 0. The molecule has 0 aliphatic carbocycles. The highest BCUT2D eigenvalue weighted by molar-refractivity contribution is 5.90. The third kappa shape index (κ3) is 3.87. The molecule has 2 aromatic heterocycles. The summed E-state index contributed by atoms with van der Waals surface area (Å²) < 4.78 is 31.9. The summed E-state index contributed by atoms with van der Waals surface area (Å²) in [4.78, 5) is 14.0. The average molecular weight is 475 g/mol. The van der Waals surface area contributed by atoms with Crippen molar-refractivity contribution in [2.24, 2.45) is 0 Å². The van der Waals surface area contributed by atoms with Gasteiger partial charge < -0.3 is 15.5 Å². The van der Waals surface area contributed by atoms with Gasteiger partial charge in [0.2, 0.25) is 0 Å². The number of fused-ring (bicyclic) bond motifs is 1. The van der Waals surface area contributed by atoms with Gasteiger partial charge in [-0.25, -0.2) is 18.7 Å². The van der Waals surface area contributed by atoms with Crippen molar-refractivity contribution in [3.05, 3.63) is 60.3 Å². The second-order valence-corrected chi connectivity index (χ2v) is 9.39. The first-order valence-electron chi connectivity index (χ1n) is 12.3. The third-order valence-electron chi connectivity index (χ3n) is 7.12. The van der Waals surface area contributed by atoms with Gasteiger partial charge in [0.15, 0.2) is 5.65 Å². The standard InChI is InChI=1S/C27H28F2N6/c28-20-16-18(6-8-22(20)30)26-32-25-24(34-14-2-1-3-15-34)10-11-31-27(25)35(26)23-9-7-19(17-21(23)29)33-12-4-5-13-33/h6-11,16-17H,1-5,12-15,30H2. The molecule has 2 saturated heterocycles. The molecule has 2 aliphatic rings. The number of pyridine rings is 1. The van der Waals surface area contributed by atoms with Crippen molar-refractivity contribution in [1.29, 1.82) is 0 Å². The molecule has 0 radical (unpaired) electrons. The summed E-state index contributed by atoms with van der Waals surface area (Å²) in [5, 5.41) is 0. The maximum Gasteiger partial charge on any atom is 0.167 e. The largest absolute Gasteiger partial charge is 0.396 e. The van der Waals surface area contributed by atoms with Crippen molar-refractivity contribution in [2.45, 2.75) is 32.1 Å². The fourth-order valence-corrected chi connectivity index (χ4v) is 5.29. The van der Waals surface area contributed by atoms with E-state index in [0.29, 0.717) is 28.2 Å². The molecule has 4 heterocycles. The lowest BCUT2D eigenvalue weighted by Crippen LogP contribution is -2.29. The zero-order valence-electron chi connectivity index (χ0n) is 19.6. The van der Waals surface area contributed by atoms with Crippen LogP contribution in [-0.2, 0) is 0 Å². The van der Waals surface area contributed by atoms with Crippen LogP contribution in [0.15, 0.2) is 48.7 Å². The monoisotopic (exact) mass is 474 g/mol. The molecule has 0 bridgehead atoms. The zero-order chi connectivity index (χ0) is 23.9. The molecular weight excluding hydrogens is 446 g/mol. The summed E-state index contributed by atoms with van der Waals surface area (Å²) in [6, 6.07) is 11.8. The molecule has 0 saturated carbocycles. The van der Waals surface area contributed by atoms with Crippen LogP contribution in [0.4, 0.5) is 25.8 Å². The highest BCUT2D eigenvalue weighted by Gasteiger charge is 2.24. The lowest BCUT2D eigenvalue weighted by Gasteiger charge is -2.28. The van der Waals surface area contributed by atoms with Gasteiger partial charge in [0, 0.05) is 43.6 Å². The van der Waals surface area contributed by atoms with Gasteiger partial charge in [-0.15, -0.1) is 0 Å². The number of hydrogen-bond acceptors (Lipinski definition) is 5. The molecule has 0 unspecified atom stereocenters. The minimum absolute atomic E-state index is 0.0599. The van der Waals surface area contributed by atoms with E-state index in [0.717, 1.165) is 63.2 Å². The number of hydrogen-bond donors (Lipinski definition) is 1. The first-order chi connectivity index (χ1) is 17.1. The van der Waals surface area contributed by atoms with Crippen LogP contribution in [0.5, 0.6) is 0 Å². The van der Waals surface area contributed by atoms with E-state index in [1.807, 2.05) is 12.1 Å². The van der Waals surface area contributed by atoms with E-state index in [-0.39, 0.29) is 11.5 Å². The van der Waals surface area contributed by atoms with Crippen LogP contribution in [0.1, 0.15) is 32.1 Å². The Bertz CT molecular complexity index is 1390. The predicted octanol–water partition coefficient (Wildman–Crippen LogP) is 5.54. The Morgan fingerprint density at radius 1 is 0.743 bits per heavy atom. The second-order valence-electron chi connectivity index (χ2n) is 9.39. The smallest absolute Gasteiger partial charge is 0.167 e. The molecule has 6 nitrogen and oxygen atoms in total. The highest BCUT2D eigenvalue weighted by Crippen LogP contribution is 2.35. The fraction of sp³-hybridized carbons (Fsp3) is 0.333. The van der Waals surface area contributed by atoms with Gasteiger partial charge in [-0.05, 0) is 74.6 Å². The lowest BCUT2D eigenvalue weighted by molar-refractivity contribution is 0.578. The molecule has 2 aliphatic heterocycles. The minimum atomic E-state index is -0.532. The van der Waals surface area contributed by atoms with Crippen LogP contribution in [-0.4, -0.2) is 40.7 Å². The minimum Gasteiger partial charge on any atom is -0.396 e. The second kappa shape index (κ2) is 8.83. The van der Waals surface area contributed by atoms with E-state index in [1.54, 1.807) is 29.0 Å². The number of anilines is 3. The molecule has 2 aromatic carbocycles. The normalized spacial score (nSPS) is 16.4. The number of rotatable bonds is 4. The van der Waals surface area contributed by atoms with Gasteiger partial charge in [-0.1, -0.05) is 0 Å². The van der Waals surface area contributed by atoms with E-state index >= 15 is 4.39 Å². The van der Waals surface area contributed by atoms with Crippen molar-refractivity contribution in [3.63, 3.8) is 0 Å². The van der Waals surface area contributed by atoms with Gasteiger partial charge in [0.1, 0.15) is 23.0 Å². The number of nitrogens with two attached hydrogens (primary N) is 1. The molecule has 2 fully saturated rings. The Morgan fingerprint density at radius 3 is 2.23 bits per heavy atom. The van der Waals surface area contributed by atoms with Crippen molar-refractivity contribution < 1.29 is 8.78 Å². The number of piperidine rings is 1. The Kier molecular flexibility index (Phi) is 5.51. The molecular formula is C27H28F2N6. The number of halogens is 2. The van der Waals surface area contributed by atoms with Crippen molar-refractivity contribution >= 4 is 28.2 Å². The van der Waals surface area contributed by atoms with Crippen LogP contribution in [0.3, 0.4) is 0 Å². The van der Waals surface area contributed by atoms with E-state index < -0.39 is 5.82 Å². The van der Waals surface area contributed by atoms with Crippen LogP contribution >= 0.6 is 0 Å². The Morgan fingerprint density at radius 2 is 1.49 bits per heavy atom. The van der Waals surface area contributed by atoms with Gasteiger partial charge >= 0.3 is 0 Å². The first kappa shape index (κ1) is 21.8. The number of imidazole rings is 1. The van der Waals surface area contributed by atoms with Gasteiger partial charge in [0.05, 0.1) is 17.1 Å². The van der Waals surface area contributed by atoms with E-state index in [9.17, 15) is 4.39 Å². The van der Waals surface area contributed by atoms with E-state index in [1.165, 1.54) is 18.6 Å². The summed E-state index contributed by atoms with van der Waals surface area (Å²) in [7, 11) is 0. The lowest BCUT2D eigenvalue weighted by atomic mass is 10.1. The molecule has 0 spiro atoms. The molecule has 6 rings (SSSR count). The maximum absolute atomic E-state index is 15.7. The summed E-state index contributed by atoms with van der Waals surface area (Å²) in [6.45, 7) is 3.75. The van der Waals surface area contributed by atoms with Crippen LogP contribution in [0, 0.1) is 11.6 Å².